The standard InChI is InChI=1S/C20H22N2OS.C2H6/c1-2-13-22(14-15-23)17-10-7-16(8-11-17)9-12-20-21-18-5-3-4-6-19(18)24-20;1-2/h3-12,23H,2,13-15H2,1H3;1-2H3/b12-9+;. The van der Waals surface area contributed by atoms with Crippen molar-refractivity contribution in [2.24, 2.45) is 0 Å². The monoisotopic (exact) mass is 368 g/mol. The Kier molecular flexibility index (Phi) is 8.32. The van der Waals surface area contributed by atoms with Crippen LogP contribution in [0.5, 0.6) is 0 Å². The van der Waals surface area contributed by atoms with Crippen LogP contribution < -0.4 is 4.90 Å². The first-order valence-corrected chi connectivity index (χ1v) is 10.1. The summed E-state index contributed by atoms with van der Waals surface area (Å²) in [5, 5.41) is 10.2. The Morgan fingerprint density at radius 1 is 1.00 bits per heavy atom. The summed E-state index contributed by atoms with van der Waals surface area (Å²) < 4.78 is 1.21. The maximum Gasteiger partial charge on any atom is 0.117 e. The lowest BCUT2D eigenvalue weighted by atomic mass is 10.1. The first-order valence-electron chi connectivity index (χ1n) is 9.29. The number of fused-ring (bicyclic) bond motifs is 1. The number of hydrogen-bond donors (Lipinski definition) is 1. The molecule has 0 saturated heterocycles. The Bertz CT molecular complexity index is 769. The fourth-order valence-corrected chi connectivity index (χ4v) is 3.56. The van der Waals surface area contributed by atoms with Gasteiger partial charge in [0, 0.05) is 18.8 Å². The van der Waals surface area contributed by atoms with Crippen molar-refractivity contribution in [2.75, 3.05) is 24.6 Å². The molecule has 26 heavy (non-hydrogen) atoms. The quantitative estimate of drug-likeness (QED) is 0.581. The molecule has 0 unspecified atom stereocenters. The molecule has 1 heterocycles. The molecule has 0 aliphatic carbocycles. The molecule has 0 bridgehead atoms. The summed E-state index contributed by atoms with van der Waals surface area (Å²) in [6.45, 7) is 7.97. The molecule has 3 rings (SSSR count). The van der Waals surface area contributed by atoms with Crippen LogP contribution in [0.3, 0.4) is 0 Å². The van der Waals surface area contributed by atoms with Gasteiger partial charge < -0.3 is 10.0 Å². The van der Waals surface area contributed by atoms with Crippen LogP contribution in [-0.2, 0) is 0 Å². The summed E-state index contributed by atoms with van der Waals surface area (Å²) in [4.78, 5) is 6.83. The summed E-state index contributed by atoms with van der Waals surface area (Å²) in [5.41, 5.74) is 3.36. The molecule has 3 nitrogen and oxygen atoms in total. The highest BCUT2D eigenvalue weighted by atomic mass is 32.1. The van der Waals surface area contributed by atoms with Gasteiger partial charge in [0.15, 0.2) is 0 Å². The molecule has 2 aromatic carbocycles. The number of thiazole rings is 1. The fourth-order valence-electron chi connectivity index (χ4n) is 2.69. The van der Waals surface area contributed by atoms with E-state index in [1.165, 1.54) is 4.70 Å². The van der Waals surface area contributed by atoms with E-state index in [0.717, 1.165) is 34.7 Å². The summed E-state index contributed by atoms with van der Waals surface area (Å²) in [6.07, 6.45) is 5.23. The molecule has 138 valence electrons. The molecule has 0 fully saturated rings. The van der Waals surface area contributed by atoms with E-state index in [1.807, 2.05) is 32.0 Å². The average Bonchev–Trinajstić information content (AvgIpc) is 3.11. The van der Waals surface area contributed by atoms with Gasteiger partial charge >= 0.3 is 0 Å². The Balaban J connectivity index is 0.00000117. The van der Waals surface area contributed by atoms with Gasteiger partial charge in [-0.25, -0.2) is 4.98 Å². The molecule has 0 radical (unpaired) electrons. The van der Waals surface area contributed by atoms with Crippen molar-refractivity contribution in [3.8, 4) is 0 Å². The summed E-state index contributed by atoms with van der Waals surface area (Å²) in [7, 11) is 0. The number of benzene rings is 2. The largest absolute Gasteiger partial charge is 0.395 e. The molecule has 0 aliphatic heterocycles. The maximum absolute atomic E-state index is 9.19. The zero-order valence-corrected chi connectivity index (χ0v) is 16.7. The van der Waals surface area contributed by atoms with Gasteiger partial charge in [-0.3, -0.25) is 0 Å². The van der Waals surface area contributed by atoms with E-state index >= 15 is 0 Å². The third kappa shape index (κ3) is 5.41. The molecule has 0 atom stereocenters. The molecule has 3 aromatic rings. The highest BCUT2D eigenvalue weighted by molar-refractivity contribution is 7.19. The molecule has 0 amide bonds. The van der Waals surface area contributed by atoms with Crippen LogP contribution in [0.25, 0.3) is 22.4 Å². The van der Waals surface area contributed by atoms with E-state index in [4.69, 9.17) is 0 Å². The second kappa shape index (κ2) is 10.7. The van der Waals surface area contributed by atoms with Crippen LogP contribution in [0, 0.1) is 0 Å². The summed E-state index contributed by atoms with van der Waals surface area (Å²) >= 11 is 1.70. The van der Waals surface area contributed by atoms with Gasteiger partial charge in [-0.1, -0.05) is 51.1 Å². The van der Waals surface area contributed by atoms with Crippen molar-refractivity contribution < 1.29 is 5.11 Å². The Labute approximate surface area is 160 Å². The number of para-hydroxylation sites is 1. The third-order valence-corrected chi connectivity index (χ3v) is 4.85. The van der Waals surface area contributed by atoms with E-state index in [2.05, 4.69) is 59.3 Å². The normalized spacial score (nSPS) is 10.8. The topological polar surface area (TPSA) is 36.4 Å². The SMILES string of the molecule is CC.CCCN(CCO)c1ccc(/C=C/c2nc3ccccc3s2)cc1. The summed E-state index contributed by atoms with van der Waals surface area (Å²) in [6, 6.07) is 16.7. The van der Waals surface area contributed by atoms with Crippen molar-refractivity contribution in [1.82, 2.24) is 4.98 Å². The molecule has 0 spiro atoms. The molecule has 0 saturated carbocycles. The maximum atomic E-state index is 9.19. The number of aliphatic hydroxyl groups excluding tert-OH is 1. The zero-order valence-electron chi connectivity index (χ0n) is 15.9. The minimum atomic E-state index is 0.180. The highest BCUT2D eigenvalue weighted by Gasteiger charge is 2.04. The average molecular weight is 369 g/mol. The zero-order chi connectivity index (χ0) is 18.8. The van der Waals surface area contributed by atoms with Crippen LogP contribution in [0.1, 0.15) is 37.8 Å². The lowest BCUT2D eigenvalue weighted by Crippen LogP contribution is -2.27. The number of rotatable bonds is 7. The van der Waals surface area contributed by atoms with Crippen molar-refractivity contribution in [1.29, 1.82) is 0 Å². The number of aliphatic hydroxyl groups is 1. The number of aromatic nitrogens is 1. The fraction of sp³-hybridized carbons (Fsp3) is 0.318. The van der Waals surface area contributed by atoms with E-state index in [0.29, 0.717) is 6.54 Å². The van der Waals surface area contributed by atoms with Crippen molar-refractivity contribution in [3.63, 3.8) is 0 Å². The molecule has 1 aromatic heterocycles. The van der Waals surface area contributed by atoms with Crippen LogP contribution in [0.4, 0.5) is 5.69 Å². The second-order valence-electron chi connectivity index (χ2n) is 5.66. The Hall–Kier alpha value is -2.17. The summed E-state index contributed by atoms with van der Waals surface area (Å²) in [5.74, 6) is 0. The number of anilines is 1. The van der Waals surface area contributed by atoms with Crippen LogP contribution in [0.2, 0.25) is 0 Å². The van der Waals surface area contributed by atoms with E-state index < -0.39 is 0 Å². The van der Waals surface area contributed by atoms with Crippen LogP contribution in [0.15, 0.2) is 48.5 Å². The van der Waals surface area contributed by atoms with Crippen LogP contribution >= 0.6 is 11.3 Å². The molecular formula is C22H28N2OS. The predicted molar refractivity (Wildman–Crippen MR) is 116 cm³/mol. The van der Waals surface area contributed by atoms with Gasteiger partial charge in [-0.15, -0.1) is 11.3 Å². The second-order valence-corrected chi connectivity index (χ2v) is 6.72. The minimum absolute atomic E-state index is 0.180. The number of nitrogens with zero attached hydrogens (tertiary/aromatic N) is 2. The van der Waals surface area contributed by atoms with E-state index in [-0.39, 0.29) is 6.61 Å². The first kappa shape index (κ1) is 20.1. The van der Waals surface area contributed by atoms with Gasteiger partial charge in [0.25, 0.3) is 0 Å². The van der Waals surface area contributed by atoms with Crippen molar-refractivity contribution in [3.05, 3.63) is 59.1 Å². The van der Waals surface area contributed by atoms with Crippen molar-refractivity contribution in [2.45, 2.75) is 27.2 Å². The third-order valence-electron chi connectivity index (χ3n) is 3.85. The highest BCUT2D eigenvalue weighted by Crippen LogP contribution is 2.23. The molecule has 1 N–H and O–H groups in total. The molecular weight excluding hydrogens is 340 g/mol. The lowest BCUT2D eigenvalue weighted by Gasteiger charge is -2.23. The van der Waals surface area contributed by atoms with Crippen molar-refractivity contribution >= 4 is 39.4 Å². The predicted octanol–water partition coefficient (Wildman–Crippen LogP) is 5.70. The Morgan fingerprint density at radius 3 is 2.38 bits per heavy atom. The van der Waals surface area contributed by atoms with Gasteiger partial charge in [-0.2, -0.15) is 0 Å². The van der Waals surface area contributed by atoms with Gasteiger partial charge in [0.2, 0.25) is 0 Å². The minimum Gasteiger partial charge on any atom is -0.395 e. The van der Waals surface area contributed by atoms with E-state index in [9.17, 15) is 5.11 Å². The molecule has 0 aliphatic rings. The number of hydrogen-bond acceptors (Lipinski definition) is 4. The van der Waals surface area contributed by atoms with E-state index in [1.54, 1.807) is 11.3 Å². The lowest BCUT2D eigenvalue weighted by molar-refractivity contribution is 0.302. The van der Waals surface area contributed by atoms with Crippen LogP contribution in [-0.4, -0.2) is 29.8 Å². The smallest absolute Gasteiger partial charge is 0.117 e. The van der Waals surface area contributed by atoms with Gasteiger partial charge in [0.05, 0.1) is 16.8 Å². The Morgan fingerprint density at radius 2 is 1.73 bits per heavy atom. The van der Waals surface area contributed by atoms with Gasteiger partial charge in [0.1, 0.15) is 5.01 Å². The first-order chi connectivity index (χ1) is 12.8. The molecule has 4 heteroatoms. The van der Waals surface area contributed by atoms with Gasteiger partial charge in [-0.05, 0) is 42.3 Å².